The number of carbonyl (C=O) groups is 3. The van der Waals surface area contributed by atoms with Gasteiger partial charge in [-0.2, -0.15) is 0 Å². The molecule has 7 nitrogen and oxygen atoms in total. The van der Waals surface area contributed by atoms with Gasteiger partial charge in [0.25, 0.3) is 11.8 Å². The molecule has 0 radical (unpaired) electrons. The summed E-state index contributed by atoms with van der Waals surface area (Å²) in [6.45, 7) is 0.873. The molecule has 1 aromatic heterocycles. The van der Waals surface area contributed by atoms with Gasteiger partial charge >= 0.3 is 0 Å². The zero-order chi connectivity index (χ0) is 28.1. The second kappa shape index (κ2) is 12.4. The highest BCUT2D eigenvalue weighted by molar-refractivity contribution is 5.99. The minimum atomic E-state index is -0.383. The normalized spacial score (nSPS) is 19.6. The van der Waals surface area contributed by atoms with E-state index in [2.05, 4.69) is 10.3 Å². The van der Waals surface area contributed by atoms with Crippen LogP contribution in [0.25, 0.3) is 0 Å². The van der Waals surface area contributed by atoms with E-state index in [1.165, 1.54) is 42.6 Å². The van der Waals surface area contributed by atoms with Crippen molar-refractivity contribution in [2.75, 3.05) is 13.1 Å². The molecule has 3 aromatic rings. The van der Waals surface area contributed by atoms with E-state index < -0.39 is 0 Å². The molecule has 1 saturated heterocycles. The number of piperidine rings is 1. The van der Waals surface area contributed by atoms with Crippen molar-refractivity contribution in [3.8, 4) is 5.75 Å². The molecule has 1 aliphatic carbocycles. The van der Waals surface area contributed by atoms with Crippen LogP contribution in [-0.2, 0) is 0 Å². The minimum absolute atomic E-state index is 0.00240. The summed E-state index contributed by atoms with van der Waals surface area (Å²) in [6.07, 6.45) is 5.57. The van der Waals surface area contributed by atoms with Gasteiger partial charge in [-0.15, -0.1) is 0 Å². The molecule has 2 aromatic carbocycles. The largest absolute Gasteiger partial charge is 0.490 e. The Kier molecular flexibility index (Phi) is 8.48. The number of amides is 2. The number of nitrogens with zero attached hydrogens (tertiary/aromatic N) is 2. The predicted molar refractivity (Wildman–Crippen MR) is 144 cm³/mol. The zero-order valence-electron chi connectivity index (χ0n) is 22.0. The Morgan fingerprint density at radius 3 is 1.98 bits per heavy atom. The van der Waals surface area contributed by atoms with Crippen LogP contribution in [0.4, 0.5) is 8.78 Å². The summed E-state index contributed by atoms with van der Waals surface area (Å²) in [5.41, 5.74) is 1.11. The van der Waals surface area contributed by atoms with Crippen molar-refractivity contribution in [2.24, 2.45) is 5.92 Å². The van der Waals surface area contributed by atoms with E-state index in [1.807, 2.05) is 0 Å². The molecule has 1 N–H and O–H groups in total. The van der Waals surface area contributed by atoms with Gasteiger partial charge < -0.3 is 15.0 Å². The molecule has 208 valence electrons. The van der Waals surface area contributed by atoms with E-state index in [1.54, 1.807) is 29.2 Å². The van der Waals surface area contributed by atoms with Gasteiger partial charge in [-0.25, -0.2) is 8.78 Å². The van der Waals surface area contributed by atoms with Crippen molar-refractivity contribution < 1.29 is 27.9 Å². The van der Waals surface area contributed by atoms with Crippen LogP contribution in [0.15, 0.2) is 66.9 Å². The van der Waals surface area contributed by atoms with Crippen molar-refractivity contribution >= 4 is 17.6 Å². The van der Waals surface area contributed by atoms with Crippen LogP contribution in [-0.4, -0.2) is 52.7 Å². The average molecular weight is 548 g/mol. The Labute approximate surface area is 231 Å². The molecule has 2 fully saturated rings. The summed E-state index contributed by atoms with van der Waals surface area (Å²) >= 11 is 0. The van der Waals surface area contributed by atoms with Crippen molar-refractivity contribution in [1.82, 2.24) is 15.2 Å². The van der Waals surface area contributed by atoms with E-state index in [9.17, 15) is 23.2 Å². The number of halogens is 2. The first-order chi connectivity index (χ1) is 19.4. The van der Waals surface area contributed by atoms with Gasteiger partial charge in [0.15, 0.2) is 5.78 Å². The van der Waals surface area contributed by atoms with E-state index in [0.717, 1.165) is 25.7 Å². The molecule has 0 spiro atoms. The van der Waals surface area contributed by atoms with Gasteiger partial charge in [-0.05, 0) is 99.2 Å². The highest BCUT2D eigenvalue weighted by Gasteiger charge is 2.29. The molecular formula is C31H31F2N3O4. The summed E-state index contributed by atoms with van der Waals surface area (Å²) in [5, 5.41) is 3.02. The Hall–Kier alpha value is -4.14. The van der Waals surface area contributed by atoms with Crippen LogP contribution >= 0.6 is 0 Å². The highest BCUT2D eigenvalue weighted by atomic mass is 19.1. The number of hydrogen-bond donors (Lipinski definition) is 1. The maximum absolute atomic E-state index is 13.2. The lowest BCUT2D eigenvalue weighted by Crippen LogP contribution is -2.40. The molecule has 0 bridgehead atoms. The molecule has 2 amide bonds. The number of aromatic nitrogens is 1. The number of Topliss-reactive ketones (excluding diaryl/α,β-unsaturated/α-hetero) is 1. The second-order valence-corrected chi connectivity index (χ2v) is 10.4. The van der Waals surface area contributed by atoms with Gasteiger partial charge in [-0.1, -0.05) is 0 Å². The van der Waals surface area contributed by atoms with E-state index >= 15 is 0 Å². The fraction of sp³-hybridized carbons (Fsp3) is 0.355. The first kappa shape index (κ1) is 27.4. The molecule has 2 aliphatic rings. The lowest BCUT2D eigenvalue weighted by atomic mass is 9.88. The van der Waals surface area contributed by atoms with Crippen molar-refractivity contribution in [3.05, 3.63) is 95.3 Å². The molecule has 0 atom stereocenters. The van der Waals surface area contributed by atoms with E-state index in [-0.39, 0.29) is 53.0 Å². The van der Waals surface area contributed by atoms with Gasteiger partial charge in [0.1, 0.15) is 23.1 Å². The van der Waals surface area contributed by atoms with Crippen LogP contribution < -0.4 is 10.1 Å². The van der Waals surface area contributed by atoms with Crippen molar-refractivity contribution in [1.29, 1.82) is 0 Å². The third kappa shape index (κ3) is 6.70. The number of hydrogen-bond acceptors (Lipinski definition) is 5. The summed E-state index contributed by atoms with van der Waals surface area (Å²) < 4.78 is 32.2. The van der Waals surface area contributed by atoms with Gasteiger partial charge in [-0.3, -0.25) is 19.4 Å². The van der Waals surface area contributed by atoms with Crippen molar-refractivity contribution in [2.45, 2.75) is 50.7 Å². The SMILES string of the molecule is O=C(N[C@H]1CC[C@@H](Oc2ccc(F)cc2)CC1)c1ccc(C(=O)N2CCC(C(=O)c3ccc(F)cc3)CC2)cn1. The van der Waals surface area contributed by atoms with Crippen LogP contribution in [0.1, 0.15) is 69.7 Å². The first-order valence-electron chi connectivity index (χ1n) is 13.6. The summed E-state index contributed by atoms with van der Waals surface area (Å²) in [4.78, 5) is 44.4. The summed E-state index contributed by atoms with van der Waals surface area (Å²) in [5.74, 6) is -0.765. The molecule has 5 rings (SSSR count). The number of carbonyl (C=O) groups excluding carboxylic acids is 3. The third-order valence-corrected chi connectivity index (χ3v) is 7.65. The molecule has 0 unspecified atom stereocenters. The fourth-order valence-electron chi connectivity index (χ4n) is 5.32. The zero-order valence-corrected chi connectivity index (χ0v) is 22.0. The lowest BCUT2D eigenvalue weighted by Gasteiger charge is -2.31. The van der Waals surface area contributed by atoms with Crippen LogP contribution in [0.2, 0.25) is 0 Å². The standard InChI is InChI=1S/C31H31F2N3O4/c32-23-4-1-20(2-5-23)29(37)21-15-17-36(18-16-21)31(39)22-3-14-28(34-19-22)30(38)35-25-8-12-27(13-9-25)40-26-10-6-24(33)7-11-26/h1-7,10-11,14,19,21,25,27H,8-9,12-13,15-18H2,(H,35,38)/t25-,27+. The molecule has 1 saturated carbocycles. The van der Waals surface area contributed by atoms with Gasteiger partial charge in [0.2, 0.25) is 0 Å². The lowest BCUT2D eigenvalue weighted by molar-refractivity contribution is 0.0649. The maximum Gasteiger partial charge on any atom is 0.270 e. The summed E-state index contributed by atoms with van der Waals surface area (Å²) in [6, 6.07) is 14.7. The molecule has 2 heterocycles. The third-order valence-electron chi connectivity index (χ3n) is 7.65. The van der Waals surface area contributed by atoms with Gasteiger partial charge in [0, 0.05) is 36.8 Å². The Bertz CT molecular complexity index is 1330. The number of likely N-dealkylation sites (tertiary alicyclic amines) is 1. The number of pyridine rings is 1. The smallest absolute Gasteiger partial charge is 0.270 e. The summed E-state index contributed by atoms with van der Waals surface area (Å²) in [7, 11) is 0. The van der Waals surface area contributed by atoms with Crippen LogP contribution in [0, 0.1) is 17.6 Å². The molecule has 9 heteroatoms. The Morgan fingerprint density at radius 2 is 1.38 bits per heavy atom. The average Bonchev–Trinajstić information content (AvgIpc) is 2.99. The Balaban J connectivity index is 1.07. The van der Waals surface area contributed by atoms with Crippen molar-refractivity contribution in [3.63, 3.8) is 0 Å². The quantitative estimate of drug-likeness (QED) is 0.410. The highest BCUT2D eigenvalue weighted by Crippen LogP contribution is 2.25. The first-order valence-corrected chi connectivity index (χ1v) is 13.6. The van der Waals surface area contributed by atoms with E-state index in [4.69, 9.17) is 4.74 Å². The molecular weight excluding hydrogens is 516 g/mol. The topological polar surface area (TPSA) is 88.6 Å². The van der Waals surface area contributed by atoms with E-state index in [0.29, 0.717) is 42.8 Å². The minimum Gasteiger partial charge on any atom is -0.490 e. The van der Waals surface area contributed by atoms with Crippen LogP contribution in [0.3, 0.4) is 0 Å². The Morgan fingerprint density at radius 1 is 0.775 bits per heavy atom. The number of benzene rings is 2. The predicted octanol–water partition coefficient (Wildman–Crippen LogP) is 5.21. The monoisotopic (exact) mass is 547 g/mol. The number of ether oxygens (including phenoxy) is 1. The maximum atomic E-state index is 13.2. The fourth-order valence-corrected chi connectivity index (χ4v) is 5.32. The number of nitrogens with one attached hydrogen (secondary N) is 1. The second-order valence-electron chi connectivity index (χ2n) is 10.4. The molecule has 40 heavy (non-hydrogen) atoms. The van der Waals surface area contributed by atoms with Gasteiger partial charge in [0.05, 0.1) is 11.7 Å². The molecule has 1 aliphatic heterocycles. The van der Waals surface area contributed by atoms with Crippen LogP contribution in [0.5, 0.6) is 5.75 Å². The number of rotatable bonds is 7. The number of ketones is 1.